The molecule has 2 aromatic rings. The molecule has 0 aliphatic carbocycles. The second kappa shape index (κ2) is 5.92. The minimum absolute atomic E-state index is 0.184. The van der Waals surface area contributed by atoms with Gasteiger partial charge in [0.1, 0.15) is 0 Å². The van der Waals surface area contributed by atoms with Crippen LogP contribution in [0.5, 0.6) is 11.5 Å². The summed E-state index contributed by atoms with van der Waals surface area (Å²) in [6.07, 6.45) is 0.438. The van der Waals surface area contributed by atoms with Crippen LogP contribution in [0.2, 0.25) is 0 Å². The van der Waals surface area contributed by atoms with Crippen LogP contribution in [0.15, 0.2) is 23.0 Å². The summed E-state index contributed by atoms with van der Waals surface area (Å²) in [5, 5.41) is 0. The van der Waals surface area contributed by atoms with Gasteiger partial charge in [-0.2, -0.15) is 0 Å². The lowest BCUT2D eigenvalue weighted by Gasteiger charge is -2.13. The van der Waals surface area contributed by atoms with Crippen LogP contribution in [0.1, 0.15) is 16.8 Å². The summed E-state index contributed by atoms with van der Waals surface area (Å²) in [7, 11) is 3.16. The molecule has 2 rings (SSSR count). The zero-order valence-electron chi connectivity index (χ0n) is 11.6. The number of aromatic amines is 2. The van der Waals surface area contributed by atoms with E-state index in [0.717, 1.165) is 11.3 Å². The van der Waals surface area contributed by atoms with Gasteiger partial charge in [-0.3, -0.25) is 9.78 Å². The van der Waals surface area contributed by atoms with Gasteiger partial charge < -0.3 is 14.5 Å². The Kier molecular flexibility index (Phi) is 4.24. The van der Waals surface area contributed by atoms with Crippen LogP contribution >= 0.6 is 12.2 Å². The maximum absolute atomic E-state index is 12.0. The number of rotatable bonds is 4. The first kappa shape index (κ1) is 14.3. The highest BCUT2D eigenvalue weighted by Crippen LogP contribution is 2.31. The first-order chi connectivity index (χ1) is 9.56. The summed E-state index contributed by atoms with van der Waals surface area (Å²) in [6, 6.07) is 5.59. The number of para-hydroxylation sites is 1. The van der Waals surface area contributed by atoms with Crippen molar-refractivity contribution < 1.29 is 9.47 Å². The fourth-order valence-corrected chi connectivity index (χ4v) is 2.37. The van der Waals surface area contributed by atoms with E-state index in [1.807, 2.05) is 25.1 Å². The van der Waals surface area contributed by atoms with E-state index in [4.69, 9.17) is 21.7 Å². The second-order valence-electron chi connectivity index (χ2n) is 4.34. The molecule has 2 N–H and O–H groups in total. The monoisotopic (exact) mass is 292 g/mol. The van der Waals surface area contributed by atoms with Gasteiger partial charge in [-0.25, -0.2) is 0 Å². The normalized spacial score (nSPS) is 10.3. The summed E-state index contributed by atoms with van der Waals surface area (Å²) >= 11 is 4.94. The van der Waals surface area contributed by atoms with Crippen molar-refractivity contribution in [3.63, 3.8) is 0 Å². The van der Waals surface area contributed by atoms with E-state index in [0.29, 0.717) is 28.3 Å². The third kappa shape index (κ3) is 2.75. The molecule has 0 unspecified atom stereocenters. The highest BCUT2D eigenvalue weighted by atomic mass is 32.1. The fourth-order valence-electron chi connectivity index (χ4n) is 2.12. The molecule has 6 heteroatoms. The molecule has 0 atom stereocenters. The third-order valence-corrected chi connectivity index (χ3v) is 3.31. The summed E-state index contributed by atoms with van der Waals surface area (Å²) in [6.45, 7) is 1.83. The molecule has 20 heavy (non-hydrogen) atoms. The minimum atomic E-state index is -0.184. The Balaban J connectivity index is 2.51. The molecule has 1 heterocycles. The number of hydrogen-bond acceptors (Lipinski definition) is 4. The number of H-pyrrole nitrogens is 2. The van der Waals surface area contributed by atoms with Crippen LogP contribution in [0.4, 0.5) is 0 Å². The predicted molar refractivity (Wildman–Crippen MR) is 79.3 cm³/mol. The molecule has 0 aliphatic rings. The average Bonchev–Trinajstić information content (AvgIpc) is 2.42. The van der Waals surface area contributed by atoms with Gasteiger partial charge in [0, 0.05) is 23.2 Å². The number of ether oxygens (including phenoxy) is 2. The van der Waals surface area contributed by atoms with E-state index in [1.165, 1.54) is 0 Å². The highest BCUT2D eigenvalue weighted by molar-refractivity contribution is 7.71. The zero-order chi connectivity index (χ0) is 14.7. The number of hydrogen-bond donors (Lipinski definition) is 2. The van der Waals surface area contributed by atoms with E-state index < -0.39 is 0 Å². The van der Waals surface area contributed by atoms with E-state index in [2.05, 4.69) is 9.97 Å². The average molecular weight is 292 g/mol. The number of aryl methyl sites for hydroxylation is 1. The molecular formula is C14H16N2O3S. The van der Waals surface area contributed by atoms with Crippen LogP contribution in [-0.2, 0) is 6.42 Å². The van der Waals surface area contributed by atoms with Crippen LogP contribution in [0.25, 0.3) is 0 Å². The summed E-state index contributed by atoms with van der Waals surface area (Å²) < 4.78 is 11.0. The Hall–Kier alpha value is -2.08. The van der Waals surface area contributed by atoms with Crippen molar-refractivity contribution in [1.29, 1.82) is 0 Å². The first-order valence-electron chi connectivity index (χ1n) is 6.08. The van der Waals surface area contributed by atoms with Gasteiger partial charge >= 0.3 is 0 Å². The van der Waals surface area contributed by atoms with E-state index >= 15 is 0 Å². The van der Waals surface area contributed by atoms with Crippen molar-refractivity contribution in [1.82, 2.24) is 9.97 Å². The number of aromatic nitrogens is 2. The molecule has 0 amide bonds. The fraction of sp³-hybridized carbons (Fsp3) is 0.286. The highest BCUT2D eigenvalue weighted by Gasteiger charge is 2.13. The third-order valence-electron chi connectivity index (χ3n) is 3.11. The summed E-state index contributed by atoms with van der Waals surface area (Å²) in [5.41, 5.74) is 2.08. The maximum atomic E-state index is 12.0. The Labute approximate surface area is 121 Å². The largest absolute Gasteiger partial charge is 0.493 e. The van der Waals surface area contributed by atoms with Crippen LogP contribution in [-0.4, -0.2) is 24.2 Å². The molecule has 106 valence electrons. The van der Waals surface area contributed by atoms with Gasteiger partial charge in [0.25, 0.3) is 5.56 Å². The van der Waals surface area contributed by atoms with Gasteiger partial charge in [-0.15, -0.1) is 0 Å². The Morgan fingerprint density at radius 3 is 2.55 bits per heavy atom. The second-order valence-corrected chi connectivity index (χ2v) is 4.75. The van der Waals surface area contributed by atoms with Gasteiger partial charge in [0.05, 0.1) is 14.2 Å². The molecule has 0 spiro atoms. The van der Waals surface area contributed by atoms with Gasteiger partial charge in [-0.05, 0) is 25.2 Å². The van der Waals surface area contributed by atoms with Gasteiger partial charge in [0.2, 0.25) is 0 Å². The summed E-state index contributed by atoms with van der Waals surface area (Å²) in [5.74, 6) is 1.28. The van der Waals surface area contributed by atoms with Crippen molar-refractivity contribution in [2.24, 2.45) is 0 Å². The first-order valence-corrected chi connectivity index (χ1v) is 6.49. The lowest BCUT2D eigenvalue weighted by molar-refractivity contribution is 0.352. The van der Waals surface area contributed by atoms with Gasteiger partial charge in [-0.1, -0.05) is 12.1 Å². The molecule has 1 aromatic heterocycles. The topological polar surface area (TPSA) is 67.1 Å². The zero-order valence-corrected chi connectivity index (χ0v) is 12.4. The molecular weight excluding hydrogens is 276 g/mol. The Bertz CT molecular complexity index is 734. The van der Waals surface area contributed by atoms with Crippen molar-refractivity contribution in [3.8, 4) is 11.5 Å². The number of benzene rings is 1. The molecule has 0 radical (unpaired) electrons. The van der Waals surface area contributed by atoms with E-state index in [1.54, 1.807) is 14.2 Å². The molecule has 5 nitrogen and oxygen atoms in total. The van der Waals surface area contributed by atoms with Crippen molar-refractivity contribution in [2.75, 3.05) is 14.2 Å². The quantitative estimate of drug-likeness (QED) is 0.849. The summed E-state index contributed by atoms with van der Waals surface area (Å²) in [4.78, 5) is 17.6. The SMILES string of the molecule is COc1cccc(Cc2c(C)[nH]c(=S)[nH]c2=O)c1OC. The molecule has 1 aromatic carbocycles. The predicted octanol–water partition coefficient (Wildman–Crippen LogP) is 2.35. The molecule has 0 saturated heterocycles. The lowest BCUT2D eigenvalue weighted by atomic mass is 10.0. The Morgan fingerprint density at radius 1 is 1.20 bits per heavy atom. The number of methoxy groups -OCH3 is 2. The molecule has 0 saturated carbocycles. The Morgan fingerprint density at radius 2 is 1.95 bits per heavy atom. The molecule has 0 fully saturated rings. The van der Waals surface area contributed by atoms with Crippen molar-refractivity contribution >= 4 is 12.2 Å². The van der Waals surface area contributed by atoms with Crippen molar-refractivity contribution in [2.45, 2.75) is 13.3 Å². The van der Waals surface area contributed by atoms with E-state index in [-0.39, 0.29) is 5.56 Å². The molecule has 0 aliphatic heterocycles. The standard InChI is InChI=1S/C14H16N2O3S/c1-8-10(13(17)16-14(20)15-8)7-9-5-4-6-11(18-2)12(9)19-3/h4-6H,7H2,1-3H3,(H2,15,16,17,20). The van der Waals surface area contributed by atoms with Crippen LogP contribution < -0.4 is 15.0 Å². The van der Waals surface area contributed by atoms with E-state index in [9.17, 15) is 4.79 Å². The molecule has 0 bridgehead atoms. The smallest absolute Gasteiger partial charge is 0.255 e. The minimum Gasteiger partial charge on any atom is -0.493 e. The van der Waals surface area contributed by atoms with Gasteiger partial charge in [0.15, 0.2) is 16.3 Å². The maximum Gasteiger partial charge on any atom is 0.255 e. The van der Waals surface area contributed by atoms with Crippen LogP contribution in [0.3, 0.4) is 0 Å². The number of nitrogens with one attached hydrogen (secondary N) is 2. The van der Waals surface area contributed by atoms with Crippen LogP contribution in [0, 0.1) is 11.7 Å². The van der Waals surface area contributed by atoms with Crippen molar-refractivity contribution in [3.05, 3.63) is 50.1 Å². The lowest BCUT2D eigenvalue weighted by Crippen LogP contribution is -2.17.